The van der Waals surface area contributed by atoms with E-state index in [0.29, 0.717) is 38.3 Å². The Morgan fingerprint density at radius 3 is 2.86 bits per heavy atom. The van der Waals surface area contributed by atoms with Gasteiger partial charge in [-0.2, -0.15) is 0 Å². The van der Waals surface area contributed by atoms with Crippen molar-refractivity contribution in [2.45, 2.75) is 32.7 Å². The molecule has 5 nitrogen and oxygen atoms in total. The van der Waals surface area contributed by atoms with Gasteiger partial charge in [-0.1, -0.05) is 6.92 Å². The van der Waals surface area contributed by atoms with Crippen molar-refractivity contribution in [1.29, 1.82) is 0 Å². The Labute approximate surface area is 128 Å². The summed E-state index contributed by atoms with van der Waals surface area (Å²) < 4.78 is 15.9. The molecule has 0 saturated carbocycles. The number of pyridine rings is 1. The molecular weight excluding hydrogens is 268 g/mol. The Morgan fingerprint density at radius 1 is 1.24 bits per heavy atom. The molecule has 120 valence electrons. The Bertz CT molecular complexity index is 374. The lowest BCUT2D eigenvalue weighted by atomic mass is 10.1. The van der Waals surface area contributed by atoms with Crippen molar-refractivity contribution in [3.05, 3.63) is 23.9 Å². The molecule has 0 bridgehead atoms. The number of ether oxygens (including phenoxy) is 3. The summed E-state index contributed by atoms with van der Waals surface area (Å²) >= 11 is 0. The first kappa shape index (κ1) is 17.9. The summed E-state index contributed by atoms with van der Waals surface area (Å²) in [6.45, 7) is 7.88. The van der Waals surface area contributed by atoms with Gasteiger partial charge in [-0.15, -0.1) is 0 Å². The van der Waals surface area contributed by atoms with Gasteiger partial charge in [-0.3, -0.25) is 0 Å². The second-order valence-corrected chi connectivity index (χ2v) is 4.91. The van der Waals surface area contributed by atoms with E-state index in [-0.39, 0.29) is 0 Å². The molecule has 1 heterocycles. The monoisotopic (exact) mass is 296 g/mol. The summed E-state index contributed by atoms with van der Waals surface area (Å²) in [6.07, 6.45) is 3.77. The van der Waals surface area contributed by atoms with Crippen LogP contribution in [0.25, 0.3) is 0 Å². The van der Waals surface area contributed by atoms with Crippen LogP contribution in [0.4, 0.5) is 0 Å². The van der Waals surface area contributed by atoms with Gasteiger partial charge in [0.15, 0.2) is 0 Å². The van der Waals surface area contributed by atoms with Crippen molar-refractivity contribution in [2.24, 2.45) is 0 Å². The van der Waals surface area contributed by atoms with Crippen LogP contribution < -0.4 is 10.1 Å². The third kappa shape index (κ3) is 7.99. The van der Waals surface area contributed by atoms with Crippen molar-refractivity contribution in [3.8, 4) is 5.88 Å². The SMILES string of the molecule is CCCNC(C)c1ccnc(OCCCOCCOC)c1. The number of methoxy groups -OCH3 is 1. The number of hydrogen-bond donors (Lipinski definition) is 1. The number of aromatic nitrogens is 1. The second-order valence-electron chi connectivity index (χ2n) is 4.91. The van der Waals surface area contributed by atoms with Crippen LogP contribution in [0.15, 0.2) is 18.3 Å². The zero-order valence-corrected chi connectivity index (χ0v) is 13.4. The van der Waals surface area contributed by atoms with Gasteiger partial charge in [-0.25, -0.2) is 4.98 Å². The van der Waals surface area contributed by atoms with Crippen molar-refractivity contribution >= 4 is 0 Å². The van der Waals surface area contributed by atoms with Crippen LogP contribution in [-0.4, -0.2) is 45.1 Å². The molecule has 0 aliphatic rings. The average Bonchev–Trinajstić information content (AvgIpc) is 2.52. The summed E-state index contributed by atoms with van der Waals surface area (Å²) in [6, 6.07) is 4.33. The third-order valence-electron chi connectivity index (χ3n) is 3.07. The molecule has 0 amide bonds. The highest BCUT2D eigenvalue weighted by atomic mass is 16.5. The summed E-state index contributed by atoms with van der Waals surface area (Å²) in [5.41, 5.74) is 1.20. The number of nitrogens with zero attached hydrogens (tertiary/aromatic N) is 1. The van der Waals surface area contributed by atoms with E-state index in [1.165, 1.54) is 5.56 Å². The molecule has 0 aliphatic carbocycles. The second kappa shape index (κ2) is 11.5. The normalized spacial score (nSPS) is 12.3. The van der Waals surface area contributed by atoms with Crippen molar-refractivity contribution in [3.63, 3.8) is 0 Å². The van der Waals surface area contributed by atoms with Crippen molar-refractivity contribution in [1.82, 2.24) is 10.3 Å². The van der Waals surface area contributed by atoms with E-state index >= 15 is 0 Å². The first-order valence-electron chi connectivity index (χ1n) is 7.66. The summed E-state index contributed by atoms with van der Waals surface area (Å²) in [7, 11) is 1.67. The largest absolute Gasteiger partial charge is 0.478 e. The molecular formula is C16H28N2O3. The first-order chi connectivity index (χ1) is 10.3. The van der Waals surface area contributed by atoms with Gasteiger partial charge in [0, 0.05) is 38.4 Å². The molecule has 0 aliphatic heterocycles. The highest BCUT2D eigenvalue weighted by Gasteiger charge is 2.06. The van der Waals surface area contributed by atoms with Crippen LogP contribution in [0.5, 0.6) is 5.88 Å². The molecule has 1 rings (SSSR count). The minimum atomic E-state index is 0.313. The molecule has 0 aromatic carbocycles. The molecule has 21 heavy (non-hydrogen) atoms. The number of nitrogens with one attached hydrogen (secondary N) is 1. The average molecular weight is 296 g/mol. The van der Waals surface area contributed by atoms with Crippen molar-refractivity contribution in [2.75, 3.05) is 40.1 Å². The predicted molar refractivity (Wildman–Crippen MR) is 83.8 cm³/mol. The zero-order valence-electron chi connectivity index (χ0n) is 13.4. The van der Waals surface area contributed by atoms with Crippen LogP contribution in [0.1, 0.15) is 38.3 Å². The lowest BCUT2D eigenvalue weighted by Crippen LogP contribution is -2.19. The summed E-state index contributed by atoms with van der Waals surface area (Å²) in [5.74, 6) is 0.675. The maximum atomic E-state index is 5.66. The van der Waals surface area contributed by atoms with Crippen LogP contribution in [-0.2, 0) is 9.47 Å². The minimum Gasteiger partial charge on any atom is -0.478 e. The standard InChI is InChI=1S/C16H28N2O3/c1-4-7-17-14(2)15-6-8-18-16(13-15)21-10-5-9-20-12-11-19-3/h6,8,13-14,17H,4-5,7,9-12H2,1-3H3. The molecule has 0 spiro atoms. The van der Waals surface area contributed by atoms with E-state index in [1.54, 1.807) is 13.3 Å². The Morgan fingerprint density at radius 2 is 2.10 bits per heavy atom. The van der Waals surface area contributed by atoms with Crippen molar-refractivity contribution < 1.29 is 14.2 Å². The lowest BCUT2D eigenvalue weighted by molar-refractivity contribution is 0.0642. The van der Waals surface area contributed by atoms with E-state index in [9.17, 15) is 0 Å². The Balaban J connectivity index is 2.26. The fourth-order valence-corrected chi connectivity index (χ4v) is 1.83. The maximum Gasteiger partial charge on any atom is 0.213 e. The van der Waals surface area contributed by atoms with Gasteiger partial charge in [0.1, 0.15) is 0 Å². The third-order valence-corrected chi connectivity index (χ3v) is 3.07. The van der Waals surface area contributed by atoms with E-state index in [2.05, 4.69) is 24.1 Å². The van der Waals surface area contributed by atoms with Crippen LogP contribution in [0.3, 0.4) is 0 Å². The Kier molecular flexibility index (Phi) is 9.78. The van der Waals surface area contributed by atoms with Crippen LogP contribution in [0.2, 0.25) is 0 Å². The van der Waals surface area contributed by atoms with E-state index in [1.807, 2.05) is 12.1 Å². The molecule has 1 aromatic heterocycles. The van der Waals surface area contributed by atoms with E-state index < -0.39 is 0 Å². The highest BCUT2D eigenvalue weighted by Crippen LogP contribution is 2.16. The smallest absolute Gasteiger partial charge is 0.213 e. The van der Waals surface area contributed by atoms with Gasteiger partial charge in [0.25, 0.3) is 0 Å². The molecule has 1 N–H and O–H groups in total. The van der Waals surface area contributed by atoms with E-state index in [4.69, 9.17) is 14.2 Å². The summed E-state index contributed by atoms with van der Waals surface area (Å²) in [4.78, 5) is 4.24. The zero-order chi connectivity index (χ0) is 15.3. The van der Waals surface area contributed by atoms with Gasteiger partial charge < -0.3 is 19.5 Å². The topological polar surface area (TPSA) is 52.6 Å². The van der Waals surface area contributed by atoms with Gasteiger partial charge in [-0.05, 0) is 31.5 Å². The maximum absolute atomic E-state index is 5.66. The quantitative estimate of drug-likeness (QED) is 0.601. The fourth-order valence-electron chi connectivity index (χ4n) is 1.83. The molecule has 0 saturated heterocycles. The minimum absolute atomic E-state index is 0.313. The highest BCUT2D eigenvalue weighted by molar-refractivity contribution is 5.23. The number of rotatable bonds is 12. The Hall–Kier alpha value is -1.17. The van der Waals surface area contributed by atoms with Gasteiger partial charge >= 0.3 is 0 Å². The molecule has 1 atom stereocenters. The van der Waals surface area contributed by atoms with E-state index in [0.717, 1.165) is 19.4 Å². The first-order valence-corrected chi connectivity index (χ1v) is 7.66. The number of hydrogen-bond acceptors (Lipinski definition) is 5. The summed E-state index contributed by atoms with van der Waals surface area (Å²) in [5, 5.41) is 3.46. The molecule has 0 fully saturated rings. The fraction of sp³-hybridized carbons (Fsp3) is 0.688. The van der Waals surface area contributed by atoms with Crippen LogP contribution >= 0.6 is 0 Å². The molecule has 0 radical (unpaired) electrons. The van der Waals surface area contributed by atoms with Crippen LogP contribution in [0, 0.1) is 0 Å². The molecule has 5 heteroatoms. The molecule has 1 unspecified atom stereocenters. The molecule has 1 aromatic rings. The van der Waals surface area contributed by atoms with Gasteiger partial charge in [0.05, 0.1) is 19.8 Å². The van der Waals surface area contributed by atoms with Gasteiger partial charge in [0.2, 0.25) is 5.88 Å². The predicted octanol–water partition coefficient (Wildman–Crippen LogP) is 2.57. The lowest BCUT2D eigenvalue weighted by Gasteiger charge is -2.14.